The van der Waals surface area contributed by atoms with Crippen LogP contribution in [0.3, 0.4) is 0 Å². The molecule has 15 heteroatoms. The van der Waals surface area contributed by atoms with E-state index in [1.807, 2.05) is 12.1 Å². The summed E-state index contributed by atoms with van der Waals surface area (Å²) >= 11 is 0. The van der Waals surface area contributed by atoms with Gasteiger partial charge in [-0.15, -0.1) is 0 Å². The van der Waals surface area contributed by atoms with Crippen molar-refractivity contribution in [3.63, 3.8) is 0 Å². The summed E-state index contributed by atoms with van der Waals surface area (Å²) in [5, 5.41) is 6.02. The molecule has 1 fully saturated rings. The second-order valence-electron chi connectivity index (χ2n) is 9.35. The zero-order valence-corrected chi connectivity index (χ0v) is 22.9. The number of carbonyl (C=O) groups excluding carboxylic acids is 1. The lowest BCUT2D eigenvalue weighted by atomic mass is 10.1. The highest BCUT2D eigenvalue weighted by Crippen LogP contribution is 2.30. The molecule has 0 aliphatic carbocycles. The summed E-state index contributed by atoms with van der Waals surface area (Å²) in [6.45, 7) is 2.39. The van der Waals surface area contributed by atoms with Crippen LogP contribution in [-0.2, 0) is 22.7 Å². The van der Waals surface area contributed by atoms with Gasteiger partial charge in [-0.25, -0.2) is 13.4 Å². The number of nitrogens with one attached hydrogen (secondary N) is 2. The van der Waals surface area contributed by atoms with Crippen LogP contribution in [0.15, 0.2) is 59.5 Å². The van der Waals surface area contributed by atoms with E-state index >= 15 is 0 Å². The van der Waals surface area contributed by atoms with Gasteiger partial charge in [0.05, 0.1) is 4.90 Å². The van der Waals surface area contributed by atoms with Gasteiger partial charge in [-0.05, 0) is 61.5 Å². The highest BCUT2D eigenvalue weighted by Gasteiger charge is 2.35. The standard InChI is InChI=1S/C26H31F3N8O3S/c27-26(28,29)22-16-23(35-25(31)34-22)36-12-14-37(15-13-36)41(39,40)21-8-6-20(7-9-21)33-24(38)19-4-2-18(3-5-19)17-32-11-1-10-30/h2-9,16,32H,1,10-15,17,30H2,(H,33,38)(H2,31,34,35). The average molecular weight is 593 g/mol. The summed E-state index contributed by atoms with van der Waals surface area (Å²) in [4.78, 5) is 21.3. The Morgan fingerprint density at radius 2 is 1.63 bits per heavy atom. The van der Waals surface area contributed by atoms with Crippen molar-refractivity contribution in [2.45, 2.75) is 24.0 Å². The van der Waals surface area contributed by atoms with Gasteiger partial charge in [0.2, 0.25) is 16.0 Å². The van der Waals surface area contributed by atoms with E-state index in [2.05, 4.69) is 20.6 Å². The molecule has 41 heavy (non-hydrogen) atoms. The summed E-state index contributed by atoms with van der Waals surface area (Å²) in [7, 11) is -3.88. The zero-order chi connectivity index (χ0) is 29.6. The van der Waals surface area contributed by atoms with E-state index in [1.165, 1.54) is 33.5 Å². The molecule has 0 radical (unpaired) electrons. The number of rotatable bonds is 10. The number of piperazine rings is 1. The summed E-state index contributed by atoms with van der Waals surface area (Å²) < 4.78 is 66.9. The maximum atomic E-state index is 13.2. The van der Waals surface area contributed by atoms with E-state index in [0.717, 1.165) is 24.6 Å². The van der Waals surface area contributed by atoms with Gasteiger partial charge in [0, 0.05) is 50.0 Å². The van der Waals surface area contributed by atoms with Gasteiger partial charge in [0.15, 0.2) is 5.69 Å². The van der Waals surface area contributed by atoms with Crippen molar-refractivity contribution >= 4 is 33.4 Å². The molecular formula is C26H31F3N8O3S. The average Bonchev–Trinajstić information content (AvgIpc) is 2.95. The van der Waals surface area contributed by atoms with E-state index < -0.39 is 27.8 Å². The number of halogens is 3. The number of hydrogen-bond donors (Lipinski definition) is 4. The lowest BCUT2D eigenvalue weighted by Crippen LogP contribution is -2.49. The monoisotopic (exact) mass is 592 g/mol. The Morgan fingerprint density at radius 3 is 2.24 bits per heavy atom. The number of nitrogen functional groups attached to an aromatic ring is 1. The molecule has 0 bridgehead atoms. The third kappa shape index (κ3) is 7.70. The van der Waals surface area contributed by atoms with Gasteiger partial charge in [0.25, 0.3) is 5.91 Å². The number of amides is 1. The van der Waals surface area contributed by atoms with Crippen molar-refractivity contribution in [1.29, 1.82) is 0 Å². The molecule has 6 N–H and O–H groups in total. The summed E-state index contributed by atoms with van der Waals surface area (Å²) in [6, 6.07) is 13.7. The van der Waals surface area contributed by atoms with Gasteiger partial charge in [0.1, 0.15) is 5.82 Å². The summed E-state index contributed by atoms with van der Waals surface area (Å²) in [6.07, 6.45) is -3.80. The number of hydrogen-bond acceptors (Lipinski definition) is 9. The van der Waals surface area contributed by atoms with Gasteiger partial charge in [-0.2, -0.15) is 22.5 Å². The fourth-order valence-corrected chi connectivity index (χ4v) is 5.64. The lowest BCUT2D eigenvalue weighted by molar-refractivity contribution is -0.141. The second kappa shape index (κ2) is 12.8. The third-order valence-electron chi connectivity index (χ3n) is 6.44. The Kier molecular flexibility index (Phi) is 9.42. The molecule has 2 heterocycles. The normalized spacial score (nSPS) is 14.7. The molecule has 1 aromatic heterocycles. The first kappa shape index (κ1) is 30.2. The molecule has 4 rings (SSSR count). The van der Waals surface area contributed by atoms with Crippen molar-refractivity contribution < 1.29 is 26.4 Å². The van der Waals surface area contributed by atoms with Crippen molar-refractivity contribution in [3.8, 4) is 0 Å². The molecule has 220 valence electrons. The molecule has 11 nitrogen and oxygen atoms in total. The smallest absolute Gasteiger partial charge is 0.368 e. The molecule has 2 aromatic carbocycles. The molecule has 0 saturated carbocycles. The van der Waals surface area contributed by atoms with Gasteiger partial charge in [-0.1, -0.05) is 12.1 Å². The van der Waals surface area contributed by atoms with E-state index in [9.17, 15) is 26.4 Å². The molecule has 0 spiro atoms. The van der Waals surface area contributed by atoms with Crippen molar-refractivity contribution in [1.82, 2.24) is 19.6 Å². The Morgan fingerprint density at radius 1 is 0.976 bits per heavy atom. The number of alkyl halides is 3. The topological polar surface area (TPSA) is 160 Å². The molecule has 1 saturated heterocycles. The van der Waals surface area contributed by atoms with E-state index in [0.29, 0.717) is 24.3 Å². The molecule has 3 aromatic rings. The number of nitrogens with two attached hydrogens (primary N) is 2. The minimum atomic E-state index is -4.69. The van der Waals surface area contributed by atoms with Crippen LogP contribution in [0.2, 0.25) is 0 Å². The maximum absolute atomic E-state index is 13.2. The summed E-state index contributed by atoms with van der Waals surface area (Å²) in [5.74, 6) is -0.866. The highest BCUT2D eigenvalue weighted by molar-refractivity contribution is 7.89. The quantitative estimate of drug-likeness (QED) is 0.259. The predicted octanol–water partition coefficient (Wildman–Crippen LogP) is 2.28. The minimum Gasteiger partial charge on any atom is -0.368 e. The zero-order valence-electron chi connectivity index (χ0n) is 22.1. The van der Waals surface area contributed by atoms with Crippen LogP contribution in [-0.4, -0.2) is 67.9 Å². The number of nitrogens with zero attached hydrogens (tertiary/aromatic N) is 4. The Balaban J connectivity index is 1.34. The van der Waals surface area contributed by atoms with Crippen LogP contribution in [0, 0.1) is 0 Å². The second-order valence-corrected chi connectivity index (χ2v) is 11.3. The number of anilines is 3. The Labute approximate surface area is 235 Å². The van der Waals surface area contributed by atoms with Crippen molar-refractivity contribution in [2.75, 3.05) is 55.2 Å². The molecule has 1 aliphatic heterocycles. The minimum absolute atomic E-state index is 0.0178. The van der Waals surface area contributed by atoms with Crippen LogP contribution in [0.5, 0.6) is 0 Å². The Bertz CT molecular complexity index is 1440. The van der Waals surface area contributed by atoms with Gasteiger partial charge < -0.3 is 27.0 Å². The summed E-state index contributed by atoms with van der Waals surface area (Å²) in [5.41, 5.74) is 11.7. The van der Waals surface area contributed by atoms with E-state index in [1.54, 1.807) is 12.1 Å². The number of aromatic nitrogens is 2. The van der Waals surface area contributed by atoms with Crippen molar-refractivity contribution in [3.05, 3.63) is 71.4 Å². The fourth-order valence-electron chi connectivity index (χ4n) is 4.21. The molecule has 1 amide bonds. The number of sulfonamides is 1. The first-order valence-corrected chi connectivity index (χ1v) is 14.3. The van der Waals surface area contributed by atoms with Crippen LogP contribution in [0.1, 0.15) is 28.0 Å². The SMILES string of the molecule is NCCCNCc1ccc(C(=O)Nc2ccc(S(=O)(=O)N3CCN(c4cc(C(F)(F)F)nc(N)n4)CC3)cc2)cc1. The molecule has 0 atom stereocenters. The lowest BCUT2D eigenvalue weighted by Gasteiger charge is -2.34. The van der Waals surface area contributed by atoms with E-state index in [4.69, 9.17) is 11.5 Å². The molecule has 1 aliphatic rings. The number of carbonyl (C=O) groups is 1. The molecular weight excluding hydrogens is 561 g/mol. The fraction of sp³-hybridized carbons (Fsp3) is 0.346. The third-order valence-corrected chi connectivity index (χ3v) is 8.35. The number of benzene rings is 2. The Hall–Kier alpha value is -3.79. The maximum Gasteiger partial charge on any atom is 0.433 e. The first-order chi connectivity index (χ1) is 19.5. The van der Waals surface area contributed by atoms with Crippen LogP contribution in [0.4, 0.5) is 30.6 Å². The molecule has 0 unspecified atom stereocenters. The van der Waals surface area contributed by atoms with Crippen LogP contribution >= 0.6 is 0 Å². The van der Waals surface area contributed by atoms with Crippen molar-refractivity contribution in [2.24, 2.45) is 5.73 Å². The van der Waals surface area contributed by atoms with Gasteiger partial charge in [-0.3, -0.25) is 4.79 Å². The van der Waals surface area contributed by atoms with E-state index in [-0.39, 0.29) is 42.8 Å². The van der Waals surface area contributed by atoms with Crippen LogP contribution < -0.4 is 27.0 Å². The highest BCUT2D eigenvalue weighted by atomic mass is 32.2. The van der Waals surface area contributed by atoms with Gasteiger partial charge >= 0.3 is 6.18 Å². The first-order valence-electron chi connectivity index (χ1n) is 12.9. The largest absolute Gasteiger partial charge is 0.433 e. The predicted molar refractivity (Wildman–Crippen MR) is 149 cm³/mol. The van der Waals surface area contributed by atoms with Crippen LogP contribution in [0.25, 0.3) is 0 Å².